The van der Waals surface area contributed by atoms with Crippen LogP contribution in [0.25, 0.3) is 0 Å². The van der Waals surface area contributed by atoms with E-state index in [0.29, 0.717) is 25.2 Å². The molecular formula is C18H19N3O3. The van der Waals surface area contributed by atoms with Crippen molar-refractivity contribution in [3.05, 3.63) is 53.7 Å². The maximum Gasteiger partial charge on any atom is 0.354 e. The van der Waals surface area contributed by atoms with Gasteiger partial charge in [-0.3, -0.25) is 4.79 Å². The summed E-state index contributed by atoms with van der Waals surface area (Å²) in [6.07, 6.45) is 2.02. The van der Waals surface area contributed by atoms with Gasteiger partial charge in [0.05, 0.1) is 0 Å². The summed E-state index contributed by atoms with van der Waals surface area (Å²) < 4.78 is 0. The monoisotopic (exact) mass is 325 g/mol. The molecule has 0 aliphatic carbocycles. The van der Waals surface area contributed by atoms with Gasteiger partial charge >= 0.3 is 5.97 Å². The normalized spacial score (nSPS) is 12.8. The van der Waals surface area contributed by atoms with E-state index in [-0.39, 0.29) is 11.6 Å². The summed E-state index contributed by atoms with van der Waals surface area (Å²) in [5, 5.41) is 12.0. The number of rotatable bonds is 6. The van der Waals surface area contributed by atoms with E-state index in [4.69, 9.17) is 5.11 Å². The Morgan fingerprint density at radius 1 is 1.17 bits per heavy atom. The van der Waals surface area contributed by atoms with Gasteiger partial charge in [0, 0.05) is 25.2 Å². The Balaban J connectivity index is 1.48. The van der Waals surface area contributed by atoms with Crippen molar-refractivity contribution in [2.75, 3.05) is 23.3 Å². The third-order valence-electron chi connectivity index (χ3n) is 4.03. The van der Waals surface area contributed by atoms with Crippen molar-refractivity contribution in [3.8, 4) is 0 Å². The second-order valence-electron chi connectivity index (χ2n) is 5.67. The van der Waals surface area contributed by atoms with Crippen LogP contribution in [0.4, 0.5) is 11.5 Å². The summed E-state index contributed by atoms with van der Waals surface area (Å²) in [5.41, 5.74) is 2.25. The minimum absolute atomic E-state index is 0.00440. The first-order chi connectivity index (χ1) is 11.6. The van der Waals surface area contributed by atoms with E-state index in [2.05, 4.69) is 16.4 Å². The van der Waals surface area contributed by atoms with Gasteiger partial charge in [-0.05, 0) is 36.6 Å². The summed E-state index contributed by atoms with van der Waals surface area (Å²) in [6, 6.07) is 12.8. The van der Waals surface area contributed by atoms with Crippen LogP contribution in [0.2, 0.25) is 0 Å². The lowest BCUT2D eigenvalue weighted by Gasteiger charge is -2.17. The van der Waals surface area contributed by atoms with Crippen LogP contribution in [0.15, 0.2) is 42.5 Å². The average molecular weight is 325 g/mol. The molecule has 124 valence electrons. The molecule has 6 heteroatoms. The summed E-state index contributed by atoms with van der Waals surface area (Å²) in [7, 11) is 0. The quantitative estimate of drug-likeness (QED) is 0.798. The van der Waals surface area contributed by atoms with E-state index >= 15 is 0 Å². The van der Waals surface area contributed by atoms with E-state index in [1.54, 1.807) is 12.1 Å². The van der Waals surface area contributed by atoms with Crippen molar-refractivity contribution >= 4 is 23.4 Å². The molecule has 2 heterocycles. The van der Waals surface area contributed by atoms with E-state index in [1.165, 1.54) is 11.6 Å². The predicted octanol–water partition coefficient (Wildman–Crippen LogP) is 2.56. The number of anilines is 2. The van der Waals surface area contributed by atoms with Crippen LogP contribution in [-0.2, 0) is 11.2 Å². The zero-order chi connectivity index (χ0) is 16.9. The summed E-state index contributed by atoms with van der Waals surface area (Å²) in [4.78, 5) is 29.1. The highest BCUT2D eigenvalue weighted by Crippen LogP contribution is 2.28. The van der Waals surface area contributed by atoms with E-state index in [9.17, 15) is 9.59 Å². The predicted molar refractivity (Wildman–Crippen MR) is 91.4 cm³/mol. The molecule has 0 fully saturated rings. The zero-order valence-electron chi connectivity index (χ0n) is 13.2. The van der Waals surface area contributed by atoms with Crippen LogP contribution in [0.1, 0.15) is 28.9 Å². The maximum atomic E-state index is 12.4. The molecule has 0 saturated heterocycles. The molecule has 0 radical (unpaired) electrons. The fourth-order valence-corrected chi connectivity index (χ4v) is 2.84. The van der Waals surface area contributed by atoms with Crippen molar-refractivity contribution in [2.45, 2.75) is 19.3 Å². The molecule has 1 aromatic heterocycles. The first-order valence-corrected chi connectivity index (χ1v) is 7.97. The molecule has 2 N–H and O–H groups in total. The van der Waals surface area contributed by atoms with Gasteiger partial charge in [-0.15, -0.1) is 0 Å². The molecule has 0 saturated carbocycles. The molecule has 0 atom stereocenters. The average Bonchev–Trinajstić information content (AvgIpc) is 3.03. The molecule has 1 aliphatic heterocycles. The molecule has 24 heavy (non-hydrogen) atoms. The number of amides is 1. The van der Waals surface area contributed by atoms with Crippen molar-refractivity contribution in [3.63, 3.8) is 0 Å². The fraction of sp³-hybridized carbons (Fsp3) is 0.278. The SMILES string of the molecule is O=C(O)c1cccc(NCCCC(=O)N2CCc3ccccc32)n1. The topological polar surface area (TPSA) is 82.5 Å². The molecule has 1 amide bonds. The molecule has 0 bridgehead atoms. The van der Waals surface area contributed by atoms with Crippen LogP contribution in [0.5, 0.6) is 0 Å². The number of carbonyl (C=O) groups excluding carboxylic acids is 1. The molecule has 0 spiro atoms. The van der Waals surface area contributed by atoms with E-state index in [1.807, 2.05) is 23.1 Å². The molecule has 6 nitrogen and oxygen atoms in total. The second kappa shape index (κ2) is 7.12. The van der Waals surface area contributed by atoms with E-state index < -0.39 is 5.97 Å². The fourth-order valence-electron chi connectivity index (χ4n) is 2.84. The smallest absolute Gasteiger partial charge is 0.354 e. The van der Waals surface area contributed by atoms with E-state index in [0.717, 1.165) is 18.7 Å². The van der Waals surface area contributed by atoms with Gasteiger partial charge in [-0.2, -0.15) is 0 Å². The van der Waals surface area contributed by atoms with Crippen molar-refractivity contribution in [2.24, 2.45) is 0 Å². The minimum Gasteiger partial charge on any atom is -0.477 e. The lowest BCUT2D eigenvalue weighted by molar-refractivity contribution is -0.118. The second-order valence-corrected chi connectivity index (χ2v) is 5.67. The highest BCUT2D eigenvalue weighted by Gasteiger charge is 2.23. The number of hydrogen-bond acceptors (Lipinski definition) is 4. The van der Waals surface area contributed by atoms with Crippen LogP contribution in [0.3, 0.4) is 0 Å². The molecule has 1 aliphatic rings. The Labute approximate surface area is 140 Å². The van der Waals surface area contributed by atoms with Crippen LogP contribution in [0, 0.1) is 0 Å². The Bertz CT molecular complexity index is 761. The van der Waals surface area contributed by atoms with Crippen molar-refractivity contribution in [1.29, 1.82) is 0 Å². The Morgan fingerprint density at radius 3 is 2.83 bits per heavy atom. The molecule has 3 rings (SSSR count). The lowest BCUT2D eigenvalue weighted by atomic mass is 10.2. The molecule has 0 unspecified atom stereocenters. The number of aromatic nitrogens is 1. The third kappa shape index (κ3) is 3.53. The Morgan fingerprint density at radius 2 is 2.00 bits per heavy atom. The summed E-state index contributed by atoms with van der Waals surface area (Å²) in [5.74, 6) is -0.426. The lowest BCUT2D eigenvalue weighted by Crippen LogP contribution is -2.29. The van der Waals surface area contributed by atoms with Crippen LogP contribution in [-0.4, -0.2) is 35.1 Å². The summed E-state index contributed by atoms with van der Waals surface area (Å²) in [6.45, 7) is 1.31. The minimum atomic E-state index is -1.05. The number of para-hydroxylation sites is 1. The van der Waals surface area contributed by atoms with Gasteiger partial charge < -0.3 is 15.3 Å². The molecule has 2 aromatic rings. The third-order valence-corrected chi connectivity index (χ3v) is 4.03. The van der Waals surface area contributed by atoms with Crippen molar-refractivity contribution < 1.29 is 14.7 Å². The number of nitrogens with one attached hydrogen (secondary N) is 1. The number of pyridine rings is 1. The standard InChI is InChI=1S/C18H19N3O3/c22-17(21-12-10-13-5-1-2-7-15(13)21)9-4-11-19-16-8-3-6-14(20-16)18(23)24/h1-3,5-8H,4,9-12H2,(H,19,20)(H,23,24). The number of carboxylic acids is 1. The number of nitrogens with zero attached hydrogens (tertiary/aromatic N) is 2. The van der Waals surface area contributed by atoms with Gasteiger partial charge in [0.25, 0.3) is 0 Å². The number of fused-ring (bicyclic) bond motifs is 1. The van der Waals surface area contributed by atoms with Crippen LogP contribution >= 0.6 is 0 Å². The highest BCUT2D eigenvalue weighted by atomic mass is 16.4. The number of hydrogen-bond donors (Lipinski definition) is 2. The maximum absolute atomic E-state index is 12.4. The Kier molecular flexibility index (Phi) is 4.74. The van der Waals surface area contributed by atoms with Gasteiger partial charge in [0.1, 0.15) is 5.82 Å². The number of carbonyl (C=O) groups is 2. The van der Waals surface area contributed by atoms with Crippen molar-refractivity contribution in [1.82, 2.24) is 4.98 Å². The van der Waals surface area contributed by atoms with Gasteiger partial charge in [0.15, 0.2) is 5.69 Å². The summed E-state index contributed by atoms with van der Waals surface area (Å²) >= 11 is 0. The Hall–Kier alpha value is -2.89. The molecular weight excluding hydrogens is 306 g/mol. The van der Waals surface area contributed by atoms with Gasteiger partial charge in [0.2, 0.25) is 5.91 Å². The van der Waals surface area contributed by atoms with Gasteiger partial charge in [-0.1, -0.05) is 24.3 Å². The number of carboxylic acid groups (broad SMARTS) is 1. The zero-order valence-corrected chi connectivity index (χ0v) is 13.2. The van der Waals surface area contributed by atoms with Gasteiger partial charge in [-0.25, -0.2) is 9.78 Å². The highest BCUT2D eigenvalue weighted by molar-refractivity contribution is 5.95. The number of benzene rings is 1. The van der Waals surface area contributed by atoms with Crippen LogP contribution < -0.4 is 10.2 Å². The first-order valence-electron chi connectivity index (χ1n) is 7.97. The number of aromatic carboxylic acids is 1. The first kappa shape index (κ1) is 16.0. The molecule has 1 aromatic carbocycles. The largest absolute Gasteiger partial charge is 0.477 e.